The van der Waals surface area contributed by atoms with Crippen LogP contribution in [0.1, 0.15) is 109 Å². The van der Waals surface area contributed by atoms with Crippen molar-refractivity contribution in [1.29, 1.82) is 0 Å². The maximum absolute atomic E-state index is 14.3. The Bertz CT molecular complexity index is 1020. The lowest BCUT2D eigenvalue weighted by atomic mass is 10.0. The number of nitrogens with zero attached hydrogens (tertiary/aromatic N) is 2. The Balaban J connectivity index is 1.38. The second-order valence-electron chi connectivity index (χ2n) is 10.9. The number of benzene rings is 2. The van der Waals surface area contributed by atoms with Crippen molar-refractivity contribution in [2.24, 2.45) is 0 Å². The molecule has 3 aromatic rings. The van der Waals surface area contributed by atoms with Crippen LogP contribution in [-0.2, 0) is 6.42 Å². The molecule has 0 aliphatic carbocycles. The third kappa shape index (κ3) is 11.9. The van der Waals surface area contributed by atoms with Crippen LogP contribution in [-0.4, -0.2) is 22.7 Å². The average Bonchev–Trinajstić information content (AvgIpc) is 2.98. The van der Waals surface area contributed by atoms with E-state index >= 15 is 0 Å². The van der Waals surface area contributed by atoms with Crippen LogP contribution in [0.25, 0.3) is 22.5 Å². The van der Waals surface area contributed by atoms with Gasteiger partial charge in [-0.1, -0.05) is 115 Å². The summed E-state index contributed by atoms with van der Waals surface area (Å²) in [5, 5.41) is 0. The molecule has 0 bridgehead atoms. The van der Waals surface area contributed by atoms with E-state index in [1.54, 1.807) is 0 Å². The van der Waals surface area contributed by atoms with Crippen molar-refractivity contribution in [3.8, 4) is 28.3 Å². The number of aromatic nitrogens is 2. The SMILES string of the molecule is CCCCCCCCCCC(F)COc1ccc(-c2ncc(-c3ccc(CCCCCCC)cc3)cn2)cc1. The number of rotatable bonds is 20. The molecule has 0 fully saturated rings. The number of ether oxygens (including phenoxy) is 1. The second kappa shape index (κ2) is 18.5. The molecular formula is C35H49FN2O. The van der Waals surface area contributed by atoms with Gasteiger partial charge < -0.3 is 4.74 Å². The largest absolute Gasteiger partial charge is 0.491 e. The van der Waals surface area contributed by atoms with Crippen molar-refractivity contribution < 1.29 is 9.13 Å². The fourth-order valence-electron chi connectivity index (χ4n) is 4.89. The Morgan fingerprint density at radius 1 is 0.615 bits per heavy atom. The fraction of sp³-hybridized carbons (Fsp3) is 0.543. The molecule has 0 aliphatic rings. The Morgan fingerprint density at radius 3 is 1.77 bits per heavy atom. The molecule has 1 aromatic heterocycles. The Kier molecular flexibility index (Phi) is 14.6. The first-order valence-corrected chi connectivity index (χ1v) is 15.5. The zero-order valence-electron chi connectivity index (χ0n) is 24.3. The molecule has 39 heavy (non-hydrogen) atoms. The topological polar surface area (TPSA) is 35.0 Å². The van der Waals surface area contributed by atoms with Gasteiger partial charge in [0.1, 0.15) is 18.5 Å². The predicted octanol–water partition coefficient (Wildman–Crippen LogP) is 10.6. The van der Waals surface area contributed by atoms with E-state index in [1.165, 1.54) is 76.2 Å². The number of aryl methyl sites for hydroxylation is 1. The molecule has 3 rings (SSSR count). The lowest BCUT2D eigenvalue weighted by Crippen LogP contribution is -2.12. The van der Waals surface area contributed by atoms with E-state index in [0.717, 1.165) is 36.0 Å². The standard InChI is InChI=1S/C35H49FN2O/c1-3-5-7-9-10-11-13-15-17-33(36)28-39-34-24-22-31(23-25-34)35-37-26-32(27-38-35)30-20-18-29(19-21-30)16-14-12-8-6-4-2/h18-27,33H,3-17,28H2,1-2H3. The van der Waals surface area contributed by atoms with Gasteiger partial charge in [-0.05, 0) is 54.7 Å². The summed E-state index contributed by atoms with van der Waals surface area (Å²) in [6.07, 6.45) is 20.9. The maximum atomic E-state index is 14.3. The van der Waals surface area contributed by atoms with Gasteiger partial charge in [0.05, 0.1) is 0 Å². The molecule has 1 atom stereocenters. The highest BCUT2D eigenvalue weighted by Crippen LogP contribution is 2.23. The Morgan fingerprint density at radius 2 is 1.15 bits per heavy atom. The minimum atomic E-state index is -0.916. The number of alkyl halides is 1. The fourth-order valence-corrected chi connectivity index (χ4v) is 4.89. The summed E-state index contributed by atoms with van der Waals surface area (Å²) in [5.74, 6) is 1.35. The van der Waals surface area contributed by atoms with E-state index in [-0.39, 0.29) is 6.61 Å². The van der Waals surface area contributed by atoms with Gasteiger partial charge >= 0.3 is 0 Å². The highest BCUT2D eigenvalue weighted by molar-refractivity contribution is 5.64. The van der Waals surface area contributed by atoms with E-state index in [1.807, 2.05) is 36.7 Å². The number of unbranched alkanes of at least 4 members (excludes halogenated alkanes) is 11. The minimum Gasteiger partial charge on any atom is -0.491 e. The van der Waals surface area contributed by atoms with Crippen LogP contribution >= 0.6 is 0 Å². The molecule has 0 spiro atoms. The van der Waals surface area contributed by atoms with Gasteiger partial charge in [0.2, 0.25) is 0 Å². The van der Waals surface area contributed by atoms with E-state index in [0.29, 0.717) is 18.0 Å². The summed E-state index contributed by atoms with van der Waals surface area (Å²) < 4.78 is 20.0. The molecule has 0 saturated heterocycles. The van der Waals surface area contributed by atoms with Gasteiger partial charge in [0.25, 0.3) is 0 Å². The lowest BCUT2D eigenvalue weighted by Gasteiger charge is -2.11. The lowest BCUT2D eigenvalue weighted by molar-refractivity contribution is 0.184. The molecule has 0 amide bonds. The summed E-state index contributed by atoms with van der Waals surface area (Å²) >= 11 is 0. The first kappa shape index (κ1) is 30.8. The third-order valence-corrected chi connectivity index (χ3v) is 7.42. The molecule has 0 aliphatic heterocycles. The van der Waals surface area contributed by atoms with Crippen molar-refractivity contribution in [2.75, 3.05) is 6.61 Å². The second-order valence-corrected chi connectivity index (χ2v) is 10.9. The summed E-state index contributed by atoms with van der Waals surface area (Å²) in [6.45, 7) is 4.60. The van der Waals surface area contributed by atoms with E-state index in [9.17, 15) is 4.39 Å². The minimum absolute atomic E-state index is 0.110. The maximum Gasteiger partial charge on any atom is 0.159 e. The van der Waals surface area contributed by atoms with Crippen LogP contribution in [0.2, 0.25) is 0 Å². The van der Waals surface area contributed by atoms with Gasteiger partial charge in [-0.3, -0.25) is 0 Å². The van der Waals surface area contributed by atoms with Gasteiger partial charge in [-0.2, -0.15) is 0 Å². The van der Waals surface area contributed by atoms with Crippen molar-refractivity contribution in [1.82, 2.24) is 9.97 Å². The van der Waals surface area contributed by atoms with E-state index in [2.05, 4.69) is 48.1 Å². The molecular weight excluding hydrogens is 483 g/mol. The molecule has 1 heterocycles. The smallest absolute Gasteiger partial charge is 0.159 e. The van der Waals surface area contributed by atoms with Crippen molar-refractivity contribution in [2.45, 2.75) is 116 Å². The monoisotopic (exact) mass is 532 g/mol. The van der Waals surface area contributed by atoms with Crippen LogP contribution in [0.4, 0.5) is 4.39 Å². The summed E-state index contributed by atoms with van der Waals surface area (Å²) in [7, 11) is 0. The molecule has 2 aromatic carbocycles. The van der Waals surface area contributed by atoms with Gasteiger partial charge in [-0.25, -0.2) is 14.4 Å². The summed E-state index contributed by atoms with van der Waals surface area (Å²) in [4.78, 5) is 9.17. The zero-order valence-corrected chi connectivity index (χ0v) is 24.3. The first-order valence-electron chi connectivity index (χ1n) is 15.5. The quantitative estimate of drug-likeness (QED) is 0.136. The van der Waals surface area contributed by atoms with Crippen LogP contribution in [0.5, 0.6) is 5.75 Å². The molecule has 3 nitrogen and oxygen atoms in total. The van der Waals surface area contributed by atoms with Gasteiger partial charge in [0, 0.05) is 23.5 Å². The van der Waals surface area contributed by atoms with Crippen LogP contribution < -0.4 is 4.74 Å². The summed E-state index contributed by atoms with van der Waals surface area (Å²) in [6, 6.07) is 16.4. The highest BCUT2D eigenvalue weighted by Gasteiger charge is 2.09. The molecule has 212 valence electrons. The molecule has 0 N–H and O–H groups in total. The summed E-state index contributed by atoms with van der Waals surface area (Å²) in [5.41, 5.74) is 4.46. The molecule has 4 heteroatoms. The van der Waals surface area contributed by atoms with E-state index in [4.69, 9.17) is 4.74 Å². The van der Waals surface area contributed by atoms with Crippen molar-refractivity contribution in [3.63, 3.8) is 0 Å². The van der Waals surface area contributed by atoms with Crippen molar-refractivity contribution >= 4 is 0 Å². The van der Waals surface area contributed by atoms with Gasteiger partial charge in [0.15, 0.2) is 5.82 Å². The number of halogens is 1. The average molecular weight is 533 g/mol. The first-order chi connectivity index (χ1) is 19.2. The Labute approximate surface area is 236 Å². The highest BCUT2D eigenvalue weighted by atomic mass is 19.1. The van der Waals surface area contributed by atoms with Crippen LogP contribution in [0.15, 0.2) is 60.9 Å². The predicted molar refractivity (Wildman–Crippen MR) is 163 cm³/mol. The molecule has 0 saturated carbocycles. The number of hydrogen-bond acceptors (Lipinski definition) is 3. The molecule has 0 radical (unpaired) electrons. The normalized spacial score (nSPS) is 12.0. The van der Waals surface area contributed by atoms with Crippen molar-refractivity contribution in [3.05, 3.63) is 66.5 Å². The third-order valence-electron chi connectivity index (χ3n) is 7.42. The Hall–Kier alpha value is -2.75. The van der Waals surface area contributed by atoms with Crippen LogP contribution in [0.3, 0.4) is 0 Å². The van der Waals surface area contributed by atoms with E-state index < -0.39 is 6.17 Å². The van der Waals surface area contributed by atoms with Gasteiger partial charge in [-0.15, -0.1) is 0 Å². The number of hydrogen-bond donors (Lipinski definition) is 0. The van der Waals surface area contributed by atoms with Crippen LogP contribution in [0, 0.1) is 0 Å². The molecule has 1 unspecified atom stereocenters. The zero-order chi connectivity index (χ0) is 27.5.